The number of thioether (sulfide) groups is 1. The van der Waals surface area contributed by atoms with Crippen molar-refractivity contribution in [2.45, 2.75) is 11.0 Å². The molecule has 0 aliphatic rings. The van der Waals surface area contributed by atoms with E-state index in [9.17, 15) is 4.39 Å². The highest BCUT2D eigenvalue weighted by molar-refractivity contribution is 7.98. The van der Waals surface area contributed by atoms with Gasteiger partial charge in [-0.15, -0.1) is 10.2 Å². The highest BCUT2D eigenvalue weighted by Gasteiger charge is 2.14. The Morgan fingerprint density at radius 3 is 2.70 bits per heavy atom. The summed E-state index contributed by atoms with van der Waals surface area (Å²) in [7, 11) is 1.56. The summed E-state index contributed by atoms with van der Waals surface area (Å²) < 4.78 is 23.8. The van der Waals surface area contributed by atoms with Crippen LogP contribution >= 0.6 is 23.4 Å². The fraction of sp³-hybridized carbons (Fsp3) is 0.125. The highest BCUT2D eigenvalue weighted by Crippen LogP contribution is 2.33. The van der Waals surface area contributed by atoms with Crippen molar-refractivity contribution in [3.63, 3.8) is 0 Å². The molecule has 1 aromatic heterocycles. The van der Waals surface area contributed by atoms with Gasteiger partial charge < -0.3 is 9.15 Å². The fourth-order valence-corrected chi connectivity index (χ4v) is 2.84. The molecule has 0 radical (unpaired) electrons. The second-order valence-electron chi connectivity index (χ2n) is 4.63. The topological polar surface area (TPSA) is 48.2 Å². The Labute approximate surface area is 141 Å². The SMILES string of the molecule is COc1ccc(Cl)cc1-c1nnc(SCc2ccc(F)cc2)o1. The second-order valence-corrected chi connectivity index (χ2v) is 6.00. The molecule has 7 heteroatoms. The number of hydrogen-bond acceptors (Lipinski definition) is 5. The summed E-state index contributed by atoms with van der Waals surface area (Å²) in [6.07, 6.45) is 0. The van der Waals surface area contributed by atoms with Gasteiger partial charge in [-0.05, 0) is 35.9 Å². The summed E-state index contributed by atoms with van der Waals surface area (Å²) in [5, 5.41) is 9.01. The van der Waals surface area contributed by atoms with Gasteiger partial charge in [-0.3, -0.25) is 0 Å². The number of hydrogen-bond donors (Lipinski definition) is 0. The molecule has 0 N–H and O–H groups in total. The van der Waals surface area contributed by atoms with Crippen molar-refractivity contribution in [2.24, 2.45) is 0 Å². The van der Waals surface area contributed by atoms with Gasteiger partial charge in [0.25, 0.3) is 11.1 Å². The van der Waals surface area contributed by atoms with Crippen LogP contribution < -0.4 is 4.74 Å². The van der Waals surface area contributed by atoms with Crippen molar-refractivity contribution >= 4 is 23.4 Å². The van der Waals surface area contributed by atoms with E-state index in [2.05, 4.69) is 10.2 Å². The van der Waals surface area contributed by atoms with Gasteiger partial charge in [0.1, 0.15) is 11.6 Å². The van der Waals surface area contributed by atoms with E-state index in [1.54, 1.807) is 37.4 Å². The molecule has 0 fully saturated rings. The maximum Gasteiger partial charge on any atom is 0.277 e. The molecule has 3 rings (SSSR count). The van der Waals surface area contributed by atoms with E-state index in [0.29, 0.717) is 33.2 Å². The summed E-state index contributed by atoms with van der Waals surface area (Å²) in [5.74, 6) is 1.29. The zero-order valence-corrected chi connectivity index (χ0v) is 13.7. The highest BCUT2D eigenvalue weighted by atomic mass is 35.5. The summed E-state index contributed by atoms with van der Waals surface area (Å²) in [6.45, 7) is 0. The van der Waals surface area contributed by atoms with Crippen molar-refractivity contribution < 1.29 is 13.5 Å². The maximum atomic E-state index is 12.9. The van der Waals surface area contributed by atoms with Crippen LogP contribution in [0.3, 0.4) is 0 Å². The van der Waals surface area contributed by atoms with Crippen LogP contribution in [0.25, 0.3) is 11.5 Å². The standard InChI is InChI=1S/C16H12ClFN2O2S/c1-21-14-7-4-11(17)8-13(14)15-19-20-16(22-15)23-9-10-2-5-12(18)6-3-10/h2-8H,9H2,1H3. The van der Waals surface area contributed by atoms with Gasteiger partial charge in [0.15, 0.2) is 0 Å². The Balaban J connectivity index is 1.75. The Kier molecular flexibility index (Phi) is 4.83. The summed E-state index contributed by atoms with van der Waals surface area (Å²) >= 11 is 7.38. The van der Waals surface area contributed by atoms with Gasteiger partial charge >= 0.3 is 0 Å². The van der Waals surface area contributed by atoms with Gasteiger partial charge in [-0.25, -0.2) is 4.39 Å². The number of methoxy groups -OCH3 is 1. The minimum Gasteiger partial charge on any atom is -0.496 e. The molecule has 23 heavy (non-hydrogen) atoms. The van der Waals surface area contributed by atoms with Crippen LogP contribution in [-0.2, 0) is 5.75 Å². The van der Waals surface area contributed by atoms with E-state index < -0.39 is 0 Å². The molecule has 2 aromatic carbocycles. The van der Waals surface area contributed by atoms with Crippen molar-refractivity contribution in [3.8, 4) is 17.2 Å². The van der Waals surface area contributed by atoms with E-state index in [1.165, 1.54) is 23.9 Å². The third-order valence-corrected chi connectivity index (χ3v) is 4.20. The van der Waals surface area contributed by atoms with E-state index in [-0.39, 0.29) is 5.82 Å². The van der Waals surface area contributed by atoms with Crippen LogP contribution in [-0.4, -0.2) is 17.3 Å². The van der Waals surface area contributed by atoms with Gasteiger partial charge in [0.05, 0.1) is 12.7 Å². The van der Waals surface area contributed by atoms with Gasteiger partial charge in [-0.1, -0.05) is 35.5 Å². The van der Waals surface area contributed by atoms with Gasteiger partial charge in [0.2, 0.25) is 0 Å². The van der Waals surface area contributed by atoms with E-state index >= 15 is 0 Å². The third-order valence-electron chi connectivity index (χ3n) is 3.07. The molecule has 1 heterocycles. The zero-order valence-electron chi connectivity index (χ0n) is 12.1. The molecule has 0 spiro atoms. The number of ether oxygens (including phenoxy) is 1. The van der Waals surface area contributed by atoms with E-state index in [4.69, 9.17) is 20.8 Å². The lowest BCUT2D eigenvalue weighted by atomic mass is 10.2. The van der Waals surface area contributed by atoms with Crippen LogP contribution in [0.2, 0.25) is 5.02 Å². The Morgan fingerprint density at radius 1 is 1.17 bits per heavy atom. The van der Waals surface area contributed by atoms with Crippen molar-refractivity contribution in [1.82, 2.24) is 10.2 Å². The quantitative estimate of drug-likeness (QED) is 0.617. The first-order valence-corrected chi connectivity index (χ1v) is 8.07. The van der Waals surface area contributed by atoms with E-state index in [0.717, 1.165) is 5.56 Å². The molecule has 0 atom stereocenters. The molecule has 0 saturated carbocycles. The van der Waals surface area contributed by atoms with Crippen LogP contribution in [0, 0.1) is 5.82 Å². The Morgan fingerprint density at radius 2 is 1.96 bits per heavy atom. The molecule has 118 valence electrons. The molecular weight excluding hydrogens is 339 g/mol. The zero-order chi connectivity index (χ0) is 16.2. The molecule has 0 saturated heterocycles. The Hall–Kier alpha value is -2.05. The maximum absolute atomic E-state index is 12.9. The number of aromatic nitrogens is 2. The summed E-state index contributed by atoms with van der Waals surface area (Å²) in [6, 6.07) is 11.5. The predicted molar refractivity (Wildman–Crippen MR) is 87.3 cm³/mol. The average molecular weight is 351 g/mol. The second kappa shape index (κ2) is 7.02. The molecule has 0 aliphatic heterocycles. The van der Waals surface area contributed by atoms with Crippen LogP contribution in [0.4, 0.5) is 4.39 Å². The number of rotatable bonds is 5. The minimum absolute atomic E-state index is 0.258. The molecule has 0 bridgehead atoms. The van der Waals surface area contributed by atoms with Gasteiger partial charge in [-0.2, -0.15) is 0 Å². The predicted octanol–water partition coefficient (Wildman–Crippen LogP) is 4.83. The third kappa shape index (κ3) is 3.83. The Bertz CT molecular complexity index is 808. The molecule has 3 aromatic rings. The smallest absolute Gasteiger partial charge is 0.277 e. The molecule has 0 aliphatic carbocycles. The first-order chi connectivity index (χ1) is 11.2. The number of nitrogens with zero attached hydrogens (tertiary/aromatic N) is 2. The van der Waals surface area contributed by atoms with Crippen LogP contribution in [0.1, 0.15) is 5.56 Å². The first-order valence-electron chi connectivity index (χ1n) is 6.70. The van der Waals surface area contributed by atoms with Crippen molar-refractivity contribution in [1.29, 1.82) is 0 Å². The van der Waals surface area contributed by atoms with E-state index in [1.807, 2.05) is 0 Å². The van der Waals surface area contributed by atoms with Gasteiger partial charge in [0, 0.05) is 10.8 Å². The molecular formula is C16H12ClFN2O2S. The lowest BCUT2D eigenvalue weighted by Crippen LogP contribution is -1.87. The van der Waals surface area contributed by atoms with Crippen molar-refractivity contribution in [3.05, 3.63) is 58.9 Å². The fourth-order valence-electron chi connectivity index (χ4n) is 1.95. The normalized spacial score (nSPS) is 10.7. The van der Waals surface area contributed by atoms with Crippen LogP contribution in [0.5, 0.6) is 5.75 Å². The summed E-state index contributed by atoms with van der Waals surface area (Å²) in [4.78, 5) is 0. The molecule has 0 amide bonds. The minimum atomic E-state index is -0.258. The largest absolute Gasteiger partial charge is 0.496 e. The van der Waals surface area contributed by atoms with Crippen LogP contribution in [0.15, 0.2) is 52.1 Å². The monoisotopic (exact) mass is 350 g/mol. The summed E-state index contributed by atoms with van der Waals surface area (Å²) in [5.41, 5.74) is 1.61. The van der Waals surface area contributed by atoms with Crippen molar-refractivity contribution in [2.75, 3.05) is 7.11 Å². The molecule has 0 unspecified atom stereocenters. The lowest BCUT2D eigenvalue weighted by Gasteiger charge is -2.04. The number of halogens is 2. The number of benzene rings is 2. The average Bonchev–Trinajstić information content (AvgIpc) is 3.03. The molecule has 4 nitrogen and oxygen atoms in total. The first kappa shape index (κ1) is 15.8. The lowest BCUT2D eigenvalue weighted by molar-refractivity contribution is 0.411.